The van der Waals surface area contributed by atoms with E-state index in [2.05, 4.69) is 22.2 Å². The lowest BCUT2D eigenvalue weighted by Gasteiger charge is -2.26. The van der Waals surface area contributed by atoms with Crippen molar-refractivity contribution in [2.75, 3.05) is 27.3 Å². The Morgan fingerprint density at radius 1 is 1.33 bits per heavy atom. The summed E-state index contributed by atoms with van der Waals surface area (Å²) in [6.45, 7) is 10.00. The van der Waals surface area contributed by atoms with Crippen molar-refractivity contribution < 1.29 is 14.3 Å². The van der Waals surface area contributed by atoms with Gasteiger partial charge in [-0.25, -0.2) is 9.79 Å². The highest BCUT2D eigenvalue weighted by atomic mass is 16.6. The number of carbonyl (C=O) groups excluding carboxylic acids is 1. The third-order valence-corrected chi connectivity index (χ3v) is 2.73. The number of hydrogen-bond acceptors (Lipinski definition) is 4. The van der Waals surface area contributed by atoms with Gasteiger partial charge in [-0.1, -0.05) is 6.58 Å². The van der Waals surface area contributed by atoms with Crippen molar-refractivity contribution in [3.8, 4) is 0 Å². The summed E-state index contributed by atoms with van der Waals surface area (Å²) in [5.41, 5.74) is -0.522. The van der Waals surface area contributed by atoms with E-state index in [4.69, 9.17) is 9.47 Å². The Balaban J connectivity index is 2.61. The van der Waals surface area contributed by atoms with Crippen LogP contribution in [0.5, 0.6) is 0 Å². The van der Waals surface area contributed by atoms with Gasteiger partial charge in [-0.15, -0.1) is 0 Å². The van der Waals surface area contributed by atoms with Gasteiger partial charge in [-0.3, -0.25) is 0 Å². The third kappa shape index (κ3) is 6.03. The van der Waals surface area contributed by atoms with Gasteiger partial charge in [-0.2, -0.15) is 0 Å². The molecule has 0 aromatic rings. The molecular weight excluding hydrogens is 272 g/mol. The van der Waals surface area contributed by atoms with Gasteiger partial charge in [-0.05, 0) is 20.8 Å². The molecule has 1 rings (SSSR count). The number of guanidine groups is 1. The van der Waals surface area contributed by atoms with Crippen LogP contribution in [-0.4, -0.2) is 61.9 Å². The van der Waals surface area contributed by atoms with Gasteiger partial charge in [0.05, 0.1) is 25.3 Å². The molecule has 1 heterocycles. The van der Waals surface area contributed by atoms with Crippen molar-refractivity contribution in [2.45, 2.75) is 38.5 Å². The Bertz CT molecular complexity index is 402. The van der Waals surface area contributed by atoms with Crippen LogP contribution in [0.25, 0.3) is 0 Å². The highest BCUT2D eigenvalue weighted by Gasteiger charge is 2.32. The van der Waals surface area contributed by atoms with Crippen LogP contribution in [-0.2, 0) is 9.47 Å². The van der Waals surface area contributed by atoms with Gasteiger partial charge in [0.15, 0.2) is 5.96 Å². The number of hydrogen-bond donors (Lipinski definition) is 2. The Morgan fingerprint density at radius 2 is 1.90 bits per heavy atom. The molecule has 0 aromatic carbocycles. The molecule has 0 bridgehead atoms. The van der Waals surface area contributed by atoms with E-state index in [0.29, 0.717) is 19.2 Å². The molecule has 1 aliphatic rings. The Labute approximate surface area is 126 Å². The lowest BCUT2D eigenvalue weighted by molar-refractivity contribution is 0.0495. The lowest BCUT2D eigenvalue weighted by atomic mass is 10.2. The first kappa shape index (κ1) is 17.3. The Hall–Kier alpha value is -1.76. The molecule has 1 aliphatic heterocycles. The van der Waals surface area contributed by atoms with Gasteiger partial charge in [0, 0.05) is 20.3 Å². The maximum absolute atomic E-state index is 11.8. The van der Waals surface area contributed by atoms with E-state index in [1.54, 1.807) is 0 Å². The molecular formula is C14H26N4O3. The first-order chi connectivity index (χ1) is 9.73. The van der Waals surface area contributed by atoms with Crippen molar-refractivity contribution in [2.24, 2.45) is 4.99 Å². The Kier molecular flexibility index (Phi) is 6.02. The molecule has 120 valence electrons. The van der Waals surface area contributed by atoms with Crippen molar-refractivity contribution in [3.05, 3.63) is 12.8 Å². The summed E-state index contributed by atoms with van der Waals surface area (Å²) < 4.78 is 10.7. The van der Waals surface area contributed by atoms with E-state index >= 15 is 0 Å². The van der Waals surface area contributed by atoms with Gasteiger partial charge in [0.2, 0.25) is 0 Å². The number of nitrogens with one attached hydrogen (secondary N) is 2. The molecule has 2 atom stereocenters. The number of rotatable bonds is 3. The predicted molar refractivity (Wildman–Crippen MR) is 82.2 cm³/mol. The van der Waals surface area contributed by atoms with Crippen molar-refractivity contribution >= 4 is 12.1 Å². The smallest absolute Gasteiger partial charge is 0.408 e. The normalized spacial score (nSPS) is 22.6. The maximum Gasteiger partial charge on any atom is 0.408 e. The fourth-order valence-electron chi connectivity index (χ4n) is 1.83. The summed E-state index contributed by atoms with van der Waals surface area (Å²) in [4.78, 5) is 17.8. The number of nitrogens with zero attached hydrogens (tertiary/aromatic N) is 2. The number of ether oxygens (including phenoxy) is 2. The molecule has 1 unspecified atom stereocenters. The minimum absolute atomic E-state index is 0.0707. The van der Waals surface area contributed by atoms with Gasteiger partial charge in [0.25, 0.3) is 0 Å². The number of amides is 1. The lowest BCUT2D eigenvalue weighted by Crippen LogP contribution is -2.54. The number of aliphatic imine (C=N–C) groups is 1. The van der Waals surface area contributed by atoms with Crippen LogP contribution in [0, 0.1) is 0 Å². The predicted octanol–water partition coefficient (Wildman–Crippen LogP) is 0.929. The highest BCUT2D eigenvalue weighted by Crippen LogP contribution is 2.10. The second kappa shape index (κ2) is 7.31. The van der Waals surface area contributed by atoms with E-state index in [0.717, 1.165) is 0 Å². The average Bonchev–Trinajstić information content (AvgIpc) is 2.73. The molecule has 21 heavy (non-hydrogen) atoms. The topological polar surface area (TPSA) is 75.2 Å². The van der Waals surface area contributed by atoms with Gasteiger partial charge in [0.1, 0.15) is 5.60 Å². The van der Waals surface area contributed by atoms with Crippen molar-refractivity contribution in [1.29, 1.82) is 0 Å². The summed E-state index contributed by atoms with van der Waals surface area (Å²) in [5, 5.41) is 6.07. The van der Waals surface area contributed by atoms with E-state index in [9.17, 15) is 4.79 Å². The minimum Gasteiger partial charge on any atom is -0.444 e. The summed E-state index contributed by atoms with van der Waals surface area (Å²) in [5.74, 6) is 0.663. The van der Waals surface area contributed by atoms with Crippen LogP contribution < -0.4 is 10.6 Å². The maximum atomic E-state index is 11.8. The van der Waals surface area contributed by atoms with Crippen LogP contribution in [0.1, 0.15) is 20.8 Å². The van der Waals surface area contributed by atoms with Crippen LogP contribution in [0.15, 0.2) is 17.8 Å². The zero-order valence-corrected chi connectivity index (χ0v) is 13.5. The summed E-state index contributed by atoms with van der Waals surface area (Å²) in [7, 11) is 3.75. The molecule has 1 fully saturated rings. The number of alkyl carbamates (subject to hydrolysis) is 1. The molecule has 7 nitrogen and oxygen atoms in total. The second-order valence-corrected chi connectivity index (χ2v) is 6.07. The molecule has 0 spiro atoms. The largest absolute Gasteiger partial charge is 0.444 e. The molecule has 1 amide bonds. The number of carbonyl (C=O) groups is 1. The summed E-state index contributed by atoms with van der Waals surface area (Å²) in [6, 6.07) is -0.242. The zero-order chi connectivity index (χ0) is 16.0. The summed E-state index contributed by atoms with van der Waals surface area (Å²) >= 11 is 0. The molecule has 0 saturated carbocycles. The highest BCUT2D eigenvalue weighted by molar-refractivity contribution is 5.80. The first-order valence-electron chi connectivity index (χ1n) is 6.92. The quantitative estimate of drug-likeness (QED) is 0.599. The molecule has 0 aliphatic carbocycles. The van der Waals surface area contributed by atoms with Crippen LogP contribution >= 0.6 is 0 Å². The van der Waals surface area contributed by atoms with Crippen LogP contribution in [0.4, 0.5) is 4.79 Å². The molecule has 2 N–H and O–H groups in total. The molecule has 1 saturated heterocycles. The van der Waals surface area contributed by atoms with E-state index < -0.39 is 11.7 Å². The summed E-state index contributed by atoms with van der Waals surface area (Å²) in [6.07, 6.45) is 1.02. The van der Waals surface area contributed by atoms with Crippen LogP contribution in [0.2, 0.25) is 0 Å². The average molecular weight is 298 g/mol. The standard InChI is InChI=1S/C14H26N4O3/c1-7-15-12(18(5)6)16-10-8-20-9-11(10)17-13(19)21-14(2,3)4/h7,10-11H,1,8-9H2,2-6H3,(H,15,16)(H,17,19)/t10?,11-/m0/s1. The van der Waals surface area contributed by atoms with E-state index in [-0.39, 0.29) is 12.1 Å². The Morgan fingerprint density at radius 3 is 2.38 bits per heavy atom. The van der Waals surface area contributed by atoms with E-state index in [1.807, 2.05) is 39.8 Å². The van der Waals surface area contributed by atoms with Crippen molar-refractivity contribution in [1.82, 2.24) is 15.5 Å². The zero-order valence-electron chi connectivity index (χ0n) is 13.5. The van der Waals surface area contributed by atoms with E-state index in [1.165, 1.54) is 6.20 Å². The molecule has 7 heteroatoms. The monoisotopic (exact) mass is 298 g/mol. The van der Waals surface area contributed by atoms with Crippen LogP contribution in [0.3, 0.4) is 0 Å². The van der Waals surface area contributed by atoms with Gasteiger partial charge >= 0.3 is 6.09 Å². The fraction of sp³-hybridized carbons (Fsp3) is 0.714. The third-order valence-electron chi connectivity index (χ3n) is 2.73. The minimum atomic E-state index is -0.522. The SMILES string of the molecule is C=C/N=C(/NC1COC[C@@H]1NC(=O)OC(C)(C)C)N(C)C. The first-order valence-corrected chi connectivity index (χ1v) is 6.92. The fourth-order valence-corrected chi connectivity index (χ4v) is 1.83. The molecule has 0 radical (unpaired) electrons. The van der Waals surface area contributed by atoms with Gasteiger partial charge < -0.3 is 25.0 Å². The van der Waals surface area contributed by atoms with Crippen molar-refractivity contribution in [3.63, 3.8) is 0 Å². The molecule has 0 aromatic heterocycles. The second-order valence-electron chi connectivity index (χ2n) is 6.07.